The van der Waals surface area contributed by atoms with Crippen LogP contribution in [0.25, 0.3) is 11.3 Å². The maximum atomic E-state index is 12.0. The van der Waals surface area contributed by atoms with Crippen molar-refractivity contribution in [3.63, 3.8) is 0 Å². The van der Waals surface area contributed by atoms with Gasteiger partial charge in [-0.3, -0.25) is 10.1 Å². The molecule has 180 valence electrons. The highest BCUT2D eigenvalue weighted by Crippen LogP contribution is 2.33. The number of nitrogens with one attached hydrogen (secondary N) is 2. The van der Waals surface area contributed by atoms with Crippen molar-refractivity contribution in [3.05, 3.63) is 58.0 Å². The molecule has 34 heavy (non-hydrogen) atoms. The lowest BCUT2D eigenvalue weighted by Crippen LogP contribution is -2.37. The van der Waals surface area contributed by atoms with E-state index in [1.807, 2.05) is 6.07 Å². The number of halogens is 2. The highest BCUT2D eigenvalue weighted by molar-refractivity contribution is 6.36. The second kappa shape index (κ2) is 10.8. The molecule has 0 bridgehead atoms. The van der Waals surface area contributed by atoms with E-state index in [9.17, 15) is 9.59 Å². The predicted molar refractivity (Wildman–Crippen MR) is 128 cm³/mol. The molecule has 0 saturated heterocycles. The Labute approximate surface area is 206 Å². The molecular weight excluding hydrogens is 483 g/mol. The Balaban J connectivity index is 1.59. The number of hydrogen-bond donors (Lipinski definition) is 2. The minimum atomic E-state index is -0.690. The van der Waals surface area contributed by atoms with Gasteiger partial charge in [0, 0.05) is 28.9 Å². The fourth-order valence-electron chi connectivity index (χ4n) is 2.82. The second-order valence-electron chi connectivity index (χ2n) is 8.21. The monoisotopic (exact) mass is 506 g/mol. The third-order valence-electron chi connectivity index (χ3n) is 4.34. The molecule has 9 nitrogen and oxygen atoms in total. The van der Waals surface area contributed by atoms with Gasteiger partial charge in [-0.25, -0.2) is 14.8 Å². The van der Waals surface area contributed by atoms with Crippen molar-refractivity contribution in [1.29, 1.82) is 0 Å². The number of carbonyl (C=O) groups excluding carboxylic acids is 2. The van der Waals surface area contributed by atoms with Crippen LogP contribution in [0.2, 0.25) is 10.0 Å². The SMILES string of the molecule is COc1cc(Cl)c(Cc2ccc(-c3cnc(NC(=O)CNC(=O)OC(C)(C)C)nc3)o2)c(Cl)c1. The zero-order valence-electron chi connectivity index (χ0n) is 19.1. The average Bonchev–Trinajstić information content (AvgIpc) is 3.23. The van der Waals surface area contributed by atoms with E-state index in [4.69, 9.17) is 37.1 Å². The van der Waals surface area contributed by atoms with Gasteiger partial charge < -0.3 is 19.2 Å². The zero-order chi connectivity index (χ0) is 24.9. The van der Waals surface area contributed by atoms with E-state index < -0.39 is 17.6 Å². The number of carbonyl (C=O) groups is 2. The predicted octanol–water partition coefficient (Wildman–Crippen LogP) is 5.11. The first kappa shape index (κ1) is 25.3. The molecule has 2 aromatic heterocycles. The molecule has 0 aliphatic heterocycles. The smallest absolute Gasteiger partial charge is 0.408 e. The largest absolute Gasteiger partial charge is 0.497 e. The molecule has 0 radical (unpaired) electrons. The number of benzene rings is 1. The summed E-state index contributed by atoms with van der Waals surface area (Å²) in [6.45, 7) is 4.91. The molecule has 0 unspecified atom stereocenters. The van der Waals surface area contributed by atoms with Gasteiger partial charge in [-0.1, -0.05) is 23.2 Å². The molecule has 2 heterocycles. The first-order valence-corrected chi connectivity index (χ1v) is 11.0. The van der Waals surface area contributed by atoms with E-state index in [0.29, 0.717) is 39.3 Å². The van der Waals surface area contributed by atoms with Crippen molar-refractivity contribution in [2.24, 2.45) is 0 Å². The van der Waals surface area contributed by atoms with Crippen LogP contribution < -0.4 is 15.4 Å². The Kier molecular flexibility index (Phi) is 8.01. The van der Waals surface area contributed by atoms with E-state index >= 15 is 0 Å². The van der Waals surface area contributed by atoms with Gasteiger partial charge in [-0.2, -0.15) is 0 Å². The molecule has 0 atom stereocenters. The van der Waals surface area contributed by atoms with E-state index in [1.165, 1.54) is 12.4 Å². The van der Waals surface area contributed by atoms with Gasteiger partial charge in [0.25, 0.3) is 0 Å². The molecule has 2 amide bonds. The lowest BCUT2D eigenvalue weighted by molar-refractivity contribution is -0.115. The van der Waals surface area contributed by atoms with Crippen molar-refractivity contribution >= 4 is 41.2 Å². The minimum absolute atomic E-state index is 0.0864. The van der Waals surface area contributed by atoms with Gasteiger partial charge in [0.05, 0.1) is 12.7 Å². The summed E-state index contributed by atoms with van der Waals surface area (Å²) in [5.74, 6) is 1.36. The average molecular weight is 507 g/mol. The van der Waals surface area contributed by atoms with Crippen molar-refractivity contribution in [2.45, 2.75) is 32.8 Å². The van der Waals surface area contributed by atoms with Crippen molar-refractivity contribution in [2.75, 3.05) is 19.0 Å². The van der Waals surface area contributed by atoms with Gasteiger partial charge in [-0.05, 0) is 50.6 Å². The molecule has 0 aliphatic carbocycles. The second-order valence-corrected chi connectivity index (χ2v) is 9.03. The number of rotatable bonds is 7. The molecule has 3 aromatic rings. The van der Waals surface area contributed by atoms with Crippen LogP contribution >= 0.6 is 23.2 Å². The standard InChI is InChI=1S/C23H24Cl2N4O5/c1-23(2,3)34-22(31)28-12-20(30)29-21-26-10-13(11-27-21)19-6-5-14(33-19)7-16-17(24)8-15(32-4)9-18(16)25/h5-6,8-11H,7,12H2,1-4H3,(H,28,31)(H,26,27,29,30). The number of amides is 2. The van der Waals surface area contributed by atoms with Crippen LogP contribution in [0.4, 0.5) is 10.7 Å². The maximum Gasteiger partial charge on any atom is 0.408 e. The Bertz CT molecular complexity index is 1150. The Morgan fingerprint density at radius 3 is 2.32 bits per heavy atom. The lowest BCUT2D eigenvalue weighted by atomic mass is 10.1. The summed E-state index contributed by atoms with van der Waals surface area (Å²) >= 11 is 12.6. The Morgan fingerprint density at radius 1 is 1.09 bits per heavy atom. The number of furan rings is 1. The van der Waals surface area contributed by atoms with E-state index in [1.54, 1.807) is 46.1 Å². The van der Waals surface area contributed by atoms with Gasteiger partial charge in [-0.15, -0.1) is 0 Å². The molecule has 0 aliphatic rings. The number of nitrogens with zero attached hydrogens (tertiary/aromatic N) is 2. The first-order valence-electron chi connectivity index (χ1n) is 10.2. The number of hydrogen-bond acceptors (Lipinski definition) is 7. The third-order valence-corrected chi connectivity index (χ3v) is 5.02. The molecule has 0 saturated carbocycles. The minimum Gasteiger partial charge on any atom is -0.497 e. The molecule has 0 fully saturated rings. The highest BCUT2D eigenvalue weighted by Gasteiger charge is 2.17. The quantitative estimate of drug-likeness (QED) is 0.457. The van der Waals surface area contributed by atoms with Crippen LogP contribution in [0.3, 0.4) is 0 Å². The molecule has 0 spiro atoms. The number of aromatic nitrogens is 2. The van der Waals surface area contributed by atoms with Crippen molar-refractivity contribution in [1.82, 2.24) is 15.3 Å². The van der Waals surface area contributed by atoms with Gasteiger partial charge in [0.1, 0.15) is 29.4 Å². The fraction of sp³-hybridized carbons (Fsp3) is 0.304. The normalized spacial score (nSPS) is 11.1. The van der Waals surface area contributed by atoms with Crippen molar-refractivity contribution < 1.29 is 23.5 Å². The Hall–Kier alpha value is -3.30. The molecule has 3 rings (SSSR count). The number of alkyl carbamates (subject to hydrolysis) is 1. The van der Waals surface area contributed by atoms with E-state index in [0.717, 1.165) is 5.56 Å². The number of ether oxygens (including phenoxy) is 2. The first-order chi connectivity index (χ1) is 16.0. The van der Waals surface area contributed by atoms with Crippen LogP contribution in [0.15, 0.2) is 41.1 Å². The molecule has 2 N–H and O–H groups in total. The van der Waals surface area contributed by atoms with Crippen LogP contribution in [-0.2, 0) is 16.0 Å². The summed E-state index contributed by atoms with van der Waals surface area (Å²) < 4.78 is 16.1. The van der Waals surface area contributed by atoms with E-state index in [2.05, 4.69) is 20.6 Å². The fourth-order valence-corrected chi connectivity index (χ4v) is 3.42. The number of anilines is 1. The van der Waals surface area contributed by atoms with Crippen LogP contribution in [-0.4, -0.2) is 41.2 Å². The topological polar surface area (TPSA) is 116 Å². The zero-order valence-corrected chi connectivity index (χ0v) is 20.6. The third kappa shape index (κ3) is 7.10. The Morgan fingerprint density at radius 2 is 1.74 bits per heavy atom. The number of methoxy groups -OCH3 is 1. The van der Waals surface area contributed by atoms with E-state index in [-0.39, 0.29) is 12.5 Å². The summed E-state index contributed by atoms with van der Waals surface area (Å²) in [4.78, 5) is 31.9. The summed E-state index contributed by atoms with van der Waals surface area (Å²) in [5.41, 5.74) is 0.681. The van der Waals surface area contributed by atoms with Gasteiger partial charge >= 0.3 is 6.09 Å². The molecule has 11 heteroatoms. The summed E-state index contributed by atoms with van der Waals surface area (Å²) in [7, 11) is 1.54. The molecule has 1 aromatic carbocycles. The van der Waals surface area contributed by atoms with Crippen LogP contribution in [0.5, 0.6) is 5.75 Å². The van der Waals surface area contributed by atoms with Gasteiger partial charge in [0.15, 0.2) is 0 Å². The molecular formula is C23H24Cl2N4O5. The van der Waals surface area contributed by atoms with Crippen molar-refractivity contribution in [3.8, 4) is 17.1 Å². The summed E-state index contributed by atoms with van der Waals surface area (Å²) in [6.07, 6.45) is 2.73. The lowest BCUT2D eigenvalue weighted by Gasteiger charge is -2.19. The summed E-state index contributed by atoms with van der Waals surface area (Å²) in [5, 5.41) is 5.82. The summed E-state index contributed by atoms with van der Waals surface area (Å²) in [6, 6.07) is 6.97. The highest BCUT2D eigenvalue weighted by atomic mass is 35.5. The van der Waals surface area contributed by atoms with Crippen LogP contribution in [0, 0.1) is 0 Å². The van der Waals surface area contributed by atoms with Crippen LogP contribution in [0.1, 0.15) is 32.1 Å². The van der Waals surface area contributed by atoms with Gasteiger partial charge in [0.2, 0.25) is 11.9 Å². The maximum absolute atomic E-state index is 12.0.